The number of ketones is 2. The van der Waals surface area contributed by atoms with Crippen LogP contribution >= 0.6 is 0 Å². The molecule has 0 aliphatic carbocycles. The molecule has 1 atom stereocenters. The van der Waals surface area contributed by atoms with E-state index in [1.807, 2.05) is 0 Å². The molecule has 5 heteroatoms. The van der Waals surface area contributed by atoms with Crippen LogP contribution < -0.4 is 5.73 Å². The predicted octanol–water partition coefficient (Wildman–Crippen LogP) is -0.447. The molecule has 0 unspecified atom stereocenters. The first-order valence-corrected chi connectivity index (χ1v) is 3.54. The highest BCUT2D eigenvalue weighted by molar-refractivity contribution is 6.25. The molecule has 2 N–H and O–H groups in total. The number of Topliss-reactive ketones (excluding diaryl/α,β-unsaturated/α-hetero) is 2. The molecule has 0 aromatic rings. The Hall–Kier alpha value is -1.32. The van der Waals surface area contributed by atoms with E-state index < -0.39 is 6.04 Å². The third-order valence-corrected chi connectivity index (χ3v) is 1.43. The first kappa shape index (κ1) is 10.7. The molecule has 0 saturated heterocycles. The Morgan fingerprint density at radius 3 is 2.67 bits per heavy atom. The Morgan fingerprint density at radius 2 is 2.25 bits per heavy atom. The topological polar surface area (TPSA) is 96.6 Å². The quantitative estimate of drug-likeness (QED) is 0.343. The summed E-state index contributed by atoms with van der Waals surface area (Å²) in [6.07, 6.45) is 1.22. The van der Waals surface area contributed by atoms with Crippen LogP contribution in [0.15, 0.2) is 0 Å². The predicted molar refractivity (Wildman–Crippen MR) is 42.6 cm³/mol. The summed E-state index contributed by atoms with van der Waals surface area (Å²) in [6.45, 7) is 1.37. The molecule has 0 saturated carbocycles. The molecule has 0 aliphatic heterocycles. The van der Waals surface area contributed by atoms with Crippen molar-refractivity contribution in [3.05, 3.63) is 5.53 Å². The van der Waals surface area contributed by atoms with Crippen LogP contribution in [0.1, 0.15) is 19.8 Å². The van der Waals surface area contributed by atoms with Gasteiger partial charge in [0.25, 0.3) is 0 Å². The second-order valence-electron chi connectivity index (χ2n) is 2.47. The third kappa shape index (κ3) is 4.49. The lowest BCUT2D eigenvalue weighted by Gasteiger charge is -2.03. The van der Waals surface area contributed by atoms with E-state index >= 15 is 0 Å². The summed E-state index contributed by atoms with van der Waals surface area (Å²) in [7, 11) is 0. The minimum atomic E-state index is -0.596. The van der Waals surface area contributed by atoms with Crippen LogP contribution in [-0.2, 0) is 9.59 Å². The van der Waals surface area contributed by atoms with Gasteiger partial charge >= 0.3 is 6.21 Å². The highest BCUT2D eigenvalue weighted by atomic mass is 16.1. The van der Waals surface area contributed by atoms with Crippen molar-refractivity contribution in [3.63, 3.8) is 0 Å². The van der Waals surface area contributed by atoms with Crippen molar-refractivity contribution >= 4 is 17.8 Å². The number of nitrogens with two attached hydrogens (primary N) is 1. The van der Waals surface area contributed by atoms with E-state index in [-0.39, 0.29) is 18.0 Å². The van der Waals surface area contributed by atoms with Gasteiger partial charge in [0, 0.05) is 6.42 Å². The van der Waals surface area contributed by atoms with Crippen molar-refractivity contribution in [3.8, 4) is 0 Å². The monoisotopic (exact) mass is 169 g/mol. The van der Waals surface area contributed by atoms with Crippen molar-refractivity contribution in [2.45, 2.75) is 25.8 Å². The number of carbonyl (C=O) groups excluding carboxylic acids is 2. The SMILES string of the molecule is CC(=O)[C@@H](N)CCC(=O)C=[N+]=[N-]. The van der Waals surface area contributed by atoms with Gasteiger partial charge in [0.15, 0.2) is 0 Å². The lowest BCUT2D eigenvalue weighted by atomic mass is 10.1. The lowest BCUT2D eigenvalue weighted by Crippen LogP contribution is -2.28. The van der Waals surface area contributed by atoms with Gasteiger partial charge in [0.1, 0.15) is 5.78 Å². The Kier molecular flexibility index (Phi) is 4.76. The number of rotatable bonds is 5. The minimum Gasteiger partial charge on any atom is -0.361 e. The molecule has 0 bridgehead atoms. The maximum Gasteiger partial charge on any atom is 0.323 e. The second kappa shape index (κ2) is 5.35. The molecular formula is C7H11N3O2. The van der Waals surface area contributed by atoms with Gasteiger partial charge in [-0.2, -0.15) is 4.79 Å². The zero-order valence-electron chi connectivity index (χ0n) is 6.86. The van der Waals surface area contributed by atoms with E-state index in [1.54, 1.807) is 0 Å². The van der Waals surface area contributed by atoms with Crippen molar-refractivity contribution in [1.29, 1.82) is 0 Å². The van der Waals surface area contributed by atoms with E-state index in [1.165, 1.54) is 6.92 Å². The van der Waals surface area contributed by atoms with E-state index in [9.17, 15) is 9.59 Å². The fourth-order valence-corrected chi connectivity index (χ4v) is 0.630. The van der Waals surface area contributed by atoms with Crippen molar-refractivity contribution < 1.29 is 14.4 Å². The molecule has 0 radical (unpaired) electrons. The van der Waals surface area contributed by atoms with E-state index in [0.717, 1.165) is 6.21 Å². The summed E-state index contributed by atoms with van der Waals surface area (Å²) in [5.74, 6) is -0.488. The van der Waals surface area contributed by atoms with E-state index in [0.29, 0.717) is 6.42 Å². The van der Waals surface area contributed by atoms with Gasteiger partial charge in [-0.05, 0) is 13.3 Å². The maximum absolute atomic E-state index is 10.7. The molecule has 12 heavy (non-hydrogen) atoms. The van der Waals surface area contributed by atoms with Gasteiger partial charge in [-0.1, -0.05) is 0 Å². The van der Waals surface area contributed by atoms with Gasteiger partial charge in [-0.15, -0.1) is 0 Å². The van der Waals surface area contributed by atoms with Crippen LogP contribution in [0.2, 0.25) is 0 Å². The molecule has 66 valence electrons. The third-order valence-electron chi connectivity index (χ3n) is 1.43. The number of carbonyl (C=O) groups is 2. The largest absolute Gasteiger partial charge is 0.361 e. The molecule has 0 aromatic carbocycles. The highest BCUT2D eigenvalue weighted by Gasteiger charge is 2.11. The summed E-state index contributed by atoms with van der Waals surface area (Å²) in [5, 5.41) is 0. The fourth-order valence-electron chi connectivity index (χ4n) is 0.630. The van der Waals surface area contributed by atoms with Crippen LogP contribution in [-0.4, -0.2) is 28.6 Å². The van der Waals surface area contributed by atoms with E-state index in [2.05, 4.69) is 4.79 Å². The van der Waals surface area contributed by atoms with Crippen LogP contribution in [0, 0.1) is 0 Å². The number of hydrogen-bond donors (Lipinski definition) is 1. The molecule has 0 fully saturated rings. The molecular weight excluding hydrogens is 158 g/mol. The summed E-state index contributed by atoms with van der Waals surface area (Å²) in [4.78, 5) is 23.8. The normalized spacial score (nSPS) is 11.5. The van der Waals surface area contributed by atoms with Crippen molar-refractivity contribution in [2.24, 2.45) is 5.73 Å². The molecule has 0 aromatic heterocycles. The molecule has 0 rings (SSSR count). The Bertz CT molecular complexity index is 231. The molecule has 0 aliphatic rings. The maximum atomic E-state index is 10.7. The number of nitrogens with zero attached hydrogens (tertiary/aromatic N) is 2. The second-order valence-corrected chi connectivity index (χ2v) is 2.47. The van der Waals surface area contributed by atoms with Gasteiger partial charge in [-0.25, -0.2) is 0 Å². The zero-order valence-corrected chi connectivity index (χ0v) is 6.86. The van der Waals surface area contributed by atoms with Crippen LogP contribution in [0.5, 0.6) is 0 Å². The first-order valence-electron chi connectivity index (χ1n) is 3.54. The standard InChI is InChI=1S/C7H11N3O2/c1-5(11)7(8)3-2-6(12)4-10-9/h4,7H,2-3,8H2,1H3/t7-/m0/s1. The Morgan fingerprint density at radius 1 is 1.67 bits per heavy atom. The van der Waals surface area contributed by atoms with Gasteiger partial charge in [-0.3, -0.25) is 9.59 Å². The first-order chi connectivity index (χ1) is 5.57. The average molecular weight is 169 g/mol. The summed E-state index contributed by atoms with van der Waals surface area (Å²) < 4.78 is 0. The smallest absolute Gasteiger partial charge is 0.323 e. The molecule has 0 amide bonds. The van der Waals surface area contributed by atoms with Gasteiger partial charge < -0.3 is 11.3 Å². The van der Waals surface area contributed by atoms with Gasteiger partial charge in [0.05, 0.1) is 6.04 Å². The van der Waals surface area contributed by atoms with Crippen molar-refractivity contribution in [1.82, 2.24) is 0 Å². The van der Waals surface area contributed by atoms with Crippen LogP contribution in [0.3, 0.4) is 0 Å². The lowest BCUT2D eigenvalue weighted by molar-refractivity contribution is -0.119. The fraction of sp³-hybridized carbons (Fsp3) is 0.571. The minimum absolute atomic E-state index is 0.130. The van der Waals surface area contributed by atoms with E-state index in [4.69, 9.17) is 11.3 Å². The summed E-state index contributed by atoms with van der Waals surface area (Å²) in [5.41, 5.74) is 13.3. The summed E-state index contributed by atoms with van der Waals surface area (Å²) >= 11 is 0. The average Bonchev–Trinajstić information content (AvgIpc) is 2.00. The molecule has 0 spiro atoms. The highest BCUT2D eigenvalue weighted by Crippen LogP contribution is 1.95. The Labute approximate surface area is 70.2 Å². The zero-order chi connectivity index (χ0) is 9.56. The summed E-state index contributed by atoms with van der Waals surface area (Å²) in [6, 6.07) is -0.596. The van der Waals surface area contributed by atoms with Crippen LogP contribution in [0.25, 0.3) is 5.53 Å². The molecule has 0 heterocycles. The number of hydrogen-bond acceptors (Lipinski definition) is 3. The van der Waals surface area contributed by atoms with Crippen molar-refractivity contribution in [2.75, 3.05) is 0 Å². The Balaban J connectivity index is 3.75. The molecule has 5 nitrogen and oxygen atoms in total. The van der Waals surface area contributed by atoms with Gasteiger partial charge in [0.2, 0.25) is 5.78 Å². The van der Waals surface area contributed by atoms with Crippen LogP contribution in [0.4, 0.5) is 0 Å².